The third-order valence-electron chi connectivity index (χ3n) is 5.98. The number of guanidine groups is 1. The molecule has 27 heavy (non-hydrogen) atoms. The topological polar surface area (TPSA) is 42.9 Å². The molecule has 2 aliphatic heterocycles. The maximum absolute atomic E-state index is 4.44. The van der Waals surface area contributed by atoms with Crippen LogP contribution in [0.4, 0.5) is 0 Å². The number of rotatable bonds is 6. The second-order valence-corrected chi connectivity index (χ2v) is 8.07. The Bertz CT molecular complexity index is 567. The van der Waals surface area contributed by atoms with Gasteiger partial charge < -0.3 is 15.5 Å². The van der Waals surface area contributed by atoms with E-state index < -0.39 is 0 Å². The number of nitrogens with one attached hydrogen (secondary N) is 2. The lowest BCUT2D eigenvalue weighted by Crippen LogP contribution is -2.52. The van der Waals surface area contributed by atoms with Gasteiger partial charge >= 0.3 is 0 Å². The SMILES string of the molecule is CN=C(NCCN1CCCCC1)NC1CCN(Cc2ccccc2)C(C)C1. The van der Waals surface area contributed by atoms with E-state index in [-0.39, 0.29) is 0 Å². The molecule has 0 radical (unpaired) electrons. The minimum Gasteiger partial charge on any atom is -0.355 e. The van der Waals surface area contributed by atoms with Gasteiger partial charge in [0.05, 0.1) is 0 Å². The summed E-state index contributed by atoms with van der Waals surface area (Å²) in [6, 6.07) is 11.9. The normalized spacial score (nSPS) is 25.3. The van der Waals surface area contributed by atoms with Crippen LogP contribution in [0.5, 0.6) is 0 Å². The van der Waals surface area contributed by atoms with Gasteiger partial charge in [0.25, 0.3) is 0 Å². The van der Waals surface area contributed by atoms with Gasteiger partial charge in [-0.1, -0.05) is 36.8 Å². The van der Waals surface area contributed by atoms with E-state index >= 15 is 0 Å². The van der Waals surface area contributed by atoms with Crippen LogP contribution in [0.15, 0.2) is 35.3 Å². The zero-order valence-corrected chi connectivity index (χ0v) is 17.2. The summed E-state index contributed by atoms with van der Waals surface area (Å²) >= 11 is 0. The molecular formula is C22H37N5. The standard InChI is InChI=1S/C22H37N5/c1-19-17-21(11-15-27(19)18-20-9-5-3-6-10-20)25-22(23-2)24-12-16-26-13-7-4-8-14-26/h3,5-6,9-10,19,21H,4,7-8,11-18H2,1-2H3,(H2,23,24,25). The largest absolute Gasteiger partial charge is 0.355 e. The van der Waals surface area contributed by atoms with Crippen molar-refractivity contribution in [3.05, 3.63) is 35.9 Å². The highest BCUT2D eigenvalue weighted by Crippen LogP contribution is 2.19. The Morgan fingerprint density at radius 1 is 1.11 bits per heavy atom. The predicted molar refractivity (Wildman–Crippen MR) is 114 cm³/mol. The molecule has 3 rings (SSSR count). The third kappa shape index (κ3) is 6.51. The molecule has 0 aromatic heterocycles. The van der Waals surface area contributed by atoms with Crippen molar-refractivity contribution in [2.24, 2.45) is 4.99 Å². The van der Waals surface area contributed by atoms with Gasteiger partial charge in [0.2, 0.25) is 0 Å². The molecule has 2 aliphatic rings. The van der Waals surface area contributed by atoms with E-state index in [4.69, 9.17) is 0 Å². The van der Waals surface area contributed by atoms with Crippen molar-refractivity contribution in [1.29, 1.82) is 0 Å². The van der Waals surface area contributed by atoms with Gasteiger partial charge in [-0.3, -0.25) is 9.89 Å². The fraction of sp³-hybridized carbons (Fsp3) is 0.682. The molecule has 5 nitrogen and oxygen atoms in total. The third-order valence-corrected chi connectivity index (χ3v) is 5.98. The summed E-state index contributed by atoms with van der Waals surface area (Å²) in [5.74, 6) is 0.959. The van der Waals surface area contributed by atoms with E-state index in [2.05, 4.69) is 62.7 Å². The molecule has 2 N–H and O–H groups in total. The Morgan fingerprint density at radius 2 is 1.89 bits per heavy atom. The maximum Gasteiger partial charge on any atom is 0.191 e. The van der Waals surface area contributed by atoms with Crippen molar-refractivity contribution in [1.82, 2.24) is 20.4 Å². The molecule has 2 atom stereocenters. The summed E-state index contributed by atoms with van der Waals surface area (Å²) in [4.78, 5) is 9.60. The highest BCUT2D eigenvalue weighted by molar-refractivity contribution is 5.79. The van der Waals surface area contributed by atoms with E-state index in [1.54, 1.807) is 0 Å². The van der Waals surface area contributed by atoms with Crippen LogP contribution in [0.1, 0.15) is 44.6 Å². The first-order valence-electron chi connectivity index (χ1n) is 10.7. The van der Waals surface area contributed by atoms with Crippen LogP contribution < -0.4 is 10.6 Å². The number of hydrogen-bond acceptors (Lipinski definition) is 3. The molecule has 2 unspecified atom stereocenters. The second-order valence-electron chi connectivity index (χ2n) is 8.07. The lowest BCUT2D eigenvalue weighted by Gasteiger charge is -2.38. The minimum atomic E-state index is 0.508. The van der Waals surface area contributed by atoms with Gasteiger partial charge in [-0.2, -0.15) is 0 Å². The molecule has 0 bridgehead atoms. The van der Waals surface area contributed by atoms with Crippen LogP contribution >= 0.6 is 0 Å². The Kier molecular flexibility index (Phi) is 7.96. The molecule has 1 aromatic carbocycles. The van der Waals surface area contributed by atoms with Gasteiger partial charge in [0.1, 0.15) is 0 Å². The number of hydrogen-bond donors (Lipinski definition) is 2. The summed E-state index contributed by atoms with van der Waals surface area (Å²) in [6.07, 6.45) is 6.44. The molecule has 1 aromatic rings. The Labute approximate surface area is 165 Å². The number of aliphatic imine (C=N–C) groups is 1. The second kappa shape index (κ2) is 10.7. The zero-order chi connectivity index (χ0) is 18.9. The molecule has 2 fully saturated rings. The molecule has 0 aliphatic carbocycles. The Hall–Kier alpha value is -1.59. The summed E-state index contributed by atoms with van der Waals surface area (Å²) in [7, 11) is 1.88. The average molecular weight is 372 g/mol. The van der Waals surface area contributed by atoms with Gasteiger partial charge in [0, 0.05) is 45.3 Å². The molecule has 0 spiro atoms. The molecule has 150 valence electrons. The fourth-order valence-electron chi connectivity index (χ4n) is 4.31. The fourth-order valence-corrected chi connectivity index (χ4v) is 4.31. The van der Waals surface area contributed by atoms with Crippen LogP contribution in [-0.4, -0.2) is 67.6 Å². The van der Waals surface area contributed by atoms with Gasteiger partial charge in [0.15, 0.2) is 5.96 Å². The first kappa shape index (κ1) is 20.2. The van der Waals surface area contributed by atoms with Crippen LogP contribution in [0.2, 0.25) is 0 Å². The van der Waals surface area contributed by atoms with E-state index in [1.165, 1.54) is 50.8 Å². The van der Waals surface area contributed by atoms with E-state index in [0.29, 0.717) is 12.1 Å². The predicted octanol–water partition coefficient (Wildman–Crippen LogP) is 2.69. The van der Waals surface area contributed by atoms with E-state index in [9.17, 15) is 0 Å². The van der Waals surface area contributed by atoms with E-state index in [0.717, 1.165) is 32.1 Å². The van der Waals surface area contributed by atoms with Crippen molar-refractivity contribution in [3.63, 3.8) is 0 Å². The summed E-state index contributed by atoms with van der Waals surface area (Å²) in [5.41, 5.74) is 1.41. The van der Waals surface area contributed by atoms with Crippen LogP contribution in [0, 0.1) is 0 Å². The summed E-state index contributed by atoms with van der Waals surface area (Å²) in [6.45, 7) is 9.14. The lowest BCUT2D eigenvalue weighted by molar-refractivity contribution is 0.134. The Balaban J connectivity index is 1.38. The van der Waals surface area contributed by atoms with Gasteiger partial charge in [-0.05, 0) is 51.3 Å². The Morgan fingerprint density at radius 3 is 2.59 bits per heavy atom. The number of piperidine rings is 2. The van der Waals surface area contributed by atoms with Crippen molar-refractivity contribution < 1.29 is 0 Å². The monoisotopic (exact) mass is 371 g/mol. The van der Waals surface area contributed by atoms with Gasteiger partial charge in [-0.25, -0.2) is 0 Å². The smallest absolute Gasteiger partial charge is 0.191 e. The van der Waals surface area contributed by atoms with E-state index in [1.807, 2.05) is 7.05 Å². The zero-order valence-electron chi connectivity index (χ0n) is 17.2. The maximum atomic E-state index is 4.44. The highest BCUT2D eigenvalue weighted by atomic mass is 15.2. The number of likely N-dealkylation sites (tertiary alicyclic amines) is 2. The number of benzene rings is 1. The first-order valence-corrected chi connectivity index (χ1v) is 10.7. The molecule has 0 amide bonds. The summed E-state index contributed by atoms with van der Waals surface area (Å²) in [5, 5.41) is 7.17. The number of nitrogens with zero attached hydrogens (tertiary/aromatic N) is 3. The van der Waals surface area contributed by atoms with Crippen molar-refractivity contribution in [2.75, 3.05) is 39.8 Å². The lowest BCUT2D eigenvalue weighted by atomic mass is 9.97. The van der Waals surface area contributed by atoms with Crippen molar-refractivity contribution in [2.45, 2.75) is 57.7 Å². The average Bonchev–Trinajstić information content (AvgIpc) is 2.71. The molecule has 2 saturated heterocycles. The molecular weight excluding hydrogens is 334 g/mol. The van der Waals surface area contributed by atoms with Gasteiger partial charge in [-0.15, -0.1) is 0 Å². The quantitative estimate of drug-likeness (QED) is 0.596. The van der Waals surface area contributed by atoms with Crippen LogP contribution in [0.3, 0.4) is 0 Å². The minimum absolute atomic E-state index is 0.508. The molecule has 5 heteroatoms. The molecule has 0 saturated carbocycles. The van der Waals surface area contributed by atoms with Crippen LogP contribution in [-0.2, 0) is 6.54 Å². The van der Waals surface area contributed by atoms with Crippen molar-refractivity contribution >= 4 is 5.96 Å². The van der Waals surface area contributed by atoms with Crippen molar-refractivity contribution in [3.8, 4) is 0 Å². The first-order chi connectivity index (χ1) is 13.2. The summed E-state index contributed by atoms with van der Waals surface area (Å²) < 4.78 is 0. The molecule has 2 heterocycles. The highest BCUT2D eigenvalue weighted by Gasteiger charge is 2.26. The van der Waals surface area contributed by atoms with Crippen LogP contribution in [0.25, 0.3) is 0 Å².